The highest BCUT2D eigenvalue weighted by Gasteiger charge is 2.13. The van der Waals surface area contributed by atoms with Crippen LogP contribution in [0, 0.1) is 0 Å². The lowest BCUT2D eigenvalue weighted by atomic mass is 10.4. The minimum Gasteiger partial charge on any atom is -0.206 e. The first-order valence-corrected chi connectivity index (χ1v) is 5.10. The van der Waals surface area contributed by atoms with E-state index in [0.29, 0.717) is 0 Å². The fourth-order valence-corrected chi connectivity index (χ4v) is 1.95. The number of benzene rings is 1. The Bertz CT molecular complexity index is 402. The maximum Gasteiger partial charge on any atom is 0.255 e. The average Bonchev–Trinajstić information content (AvgIpc) is 1.92. The molecule has 1 N–H and O–H groups in total. The molecule has 1 aromatic rings. The number of nitrogens with one attached hydrogen (secondary N) is 1. The van der Waals surface area contributed by atoms with E-state index >= 15 is 0 Å². The minimum atomic E-state index is -4.02. The summed E-state index contributed by atoms with van der Waals surface area (Å²) in [5, 5.41) is 6.99. The topological polar surface area (TPSA) is 57.9 Å². The van der Waals surface area contributed by atoms with Crippen molar-refractivity contribution in [3.63, 3.8) is 0 Å². The first kappa shape index (κ1) is 9.80. The summed E-state index contributed by atoms with van der Waals surface area (Å²) < 4.78 is 21.5. The Morgan fingerprint density at radius 1 is 1.25 bits per heavy atom. The van der Waals surface area contributed by atoms with Gasteiger partial charge in [-0.25, -0.2) is 8.42 Å². The summed E-state index contributed by atoms with van der Waals surface area (Å²) in [5.74, 6) is 0. The predicted octanol–water partition coefficient (Wildman–Crippen LogP) is 1.97. The fraction of sp³-hybridized carbons (Fsp3) is 0. The normalized spacial score (nSPS) is 11.6. The van der Waals surface area contributed by atoms with Crippen LogP contribution in [0.1, 0.15) is 0 Å². The molecule has 12 heavy (non-hydrogen) atoms. The SMILES string of the molecule is [NH]S(=O)(=O)c1cc(Cl)ccc1Cl. The summed E-state index contributed by atoms with van der Waals surface area (Å²) in [4.78, 5) is -0.267. The van der Waals surface area contributed by atoms with Crippen LogP contribution in [0.4, 0.5) is 0 Å². The third-order valence-electron chi connectivity index (χ3n) is 1.18. The number of halogens is 2. The van der Waals surface area contributed by atoms with Gasteiger partial charge in [0.05, 0.1) is 5.02 Å². The molecule has 6 heteroatoms. The Morgan fingerprint density at radius 2 is 1.83 bits per heavy atom. The third kappa shape index (κ3) is 2.10. The van der Waals surface area contributed by atoms with Gasteiger partial charge in [-0.3, -0.25) is 0 Å². The van der Waals surface area contributed by atoms with Gasteiger partial charge in [0.25, 0.3) is 10.0 Å². The molecule has 0 unspecified atom stereocenters. The van der Waals surface area contributed by atoms with Crippen molar-refractivity contribution < 1.29 is 8.42 Å². The van der Waals surface area contributed by atoms with Crippen LogP contribution in [0.5, 0.6) is 0 Å². The Morgan fingerprint density at radius 3 is 2.25 bits per heavy atom. The van der Waals surface area contributed by atoms with E-state index in [9.17, 15) is 8.42 Å². The molecule has 0 bridgehead atoms. The van der Waals surface area contributed by atoms with Crippen LogP contribution >= 0.6 is 23.2 Å². The minimum absolute atomic E-state index is 0.00870. The van der Waals surface area contributed by atoms with Crippen LogP contribution in [0.15, 0.2) is 23.1 Å². The van der Waals surface area contributed by atoms with Crippen molar-refractivity contribution in [1.82, 2.24) is 5.14 Å². The first-order chi connectivity index (χ1) is 5.41. The molecule has 0 saturated carbocycles. The molecule has 65 valence electrons. The van der Waals surface area contributed by atoms with Crippen molar-refractivity contribution in [3.05, 3.63) is 28.2 Å². The van der Waals surface area contributed by atoms with E-state index in [1.54, 1.807) is 0 Å². The van der Waals surface area contributed by atoms with Crippen molar-refractivity contribution in [2.24, 2.45) is 0 Å². The predicted molar refractivity (Wildman–Crippen MR) is 46.7 cm³/mol. The molecule has 0 saturated heterocycles. The molecule has 0 aromatic heterocycles. The molecule has 0 heterocycles. The van der Waals surface area contributed by atoms with Gasteiger partial charge in [0.2, 0.25) is 0 Å². The molecule has 1 radical (unpaired) electrons. The highest BCUT2D eigenvalue weighted by Crippen LogP contribution is 2.23. The van der Waals surface area contributed by atoms with Crippen LogP contribution in [-0.4, -0.2) is 8.42 Å². The average molecular weight is 225 g/mol. The second-order valence-electron chi connectivity index (χ2n) is 2.08. The number of hydrogen-bond acceptors (Lipinski definition) is 2. The van der Waals surface area contributed by atoms with Gasteiger partial charge in [-0.1, -0.05) is 23.2 Å². The van der Waals surface area contributed by atoms with Gasteiger partial charge in [-0.2, -0.15) is 0 Å². The molecule has 0 spiro atoms. The number of sulfonamides is 1. The van der Waals surface area contributed by atoms with Crippen LogP contribution in [0.3, 0.4) is 0 Å². The zero-order valence-corrected chi connectivity index (χ0v) is 8.04. The Kier molecular flexibility index (Phi) is 2.63. The summed E-state index contributed by atoms with van der Waals surface area (Å²) in [5.41, 5.74) is 0. The van der Waals surface area contributed by atoms with Crippen molar-refractivity contribution in [2.75, 3.05) is 0 Å². The maximum atomic E-state index is 10.7. The van der Waals surface area contributed by atoms with E-state index in [4.69, 9.17) is 28.3 Å². The lowest BCUT2D eigenvalue weighted by molar-refractivity contribution is 0.596. The van der Waals surface area contributed by atoms with Gasteiger partial charge in [-0.05, 0) is 18.2 Å². The highest BCUT2D eigenvalue weighted by atomic mass is 35.5. The van der Waals surface area contributed by atoms with E-state index < -0.39 is 10.0 Å². The van der Waals surface area contributed by atoms with E-state index in [-0.39, 0.29) is 14.9 Å². The van der Waals surface area contributed by atoms with Crippen molar-refractivity contribution in [3.8, 4) is 0 Å². The smallest absolute Gasteiger partial charge is 0.206 e. The molecule has 1 aromatic carbocycles. The van der Waals surface area contributed by atoms with E-state index in [0.717, 1.165) is 6.07 Å². The van der Waals surface area contributed by atoms with Crippen LogP contribution < -0.4 is 5.14 Å². The van der Waals surface area contributed by atoms with Crippen LogP contribution in [0.25, 0.3) is 0 Å². The Labute approximate surface area is 80.1 Å². The van der Waals surface area contributed by atoms with Crippen LogP contribution in [0.2, 0.25) is 10.0 Å². The van der Waals surface area contributed by atoms with Gasteiger partial charge in [0, 0.05) is 5.02 Å². The zero-order chi connectivity index (χ0) is 9.35. The summed E-state index contributed by atoms with van der Waals surface area (Å²) in [7, 11) is -4.02. The summed E-state index contributed by atoms with van der Waals surface area (Å²) >= 11 is 11.0. The third-order valence-corrected chi connectivity index (χ3v) is 2.78. The fourth-order valence-electron chi connectivity index (χ4n) is 0.683. The lowest BCUT2D eigenvalue weighted by Crippen LogP contribution is -2.01. The summed E-state index contributed by atoms with van der Waals surface area (Å²) in [6.07, 6.45) is 0. The molecule has 0 aliphatic carbocycles. The monoisotopic (exact) mass is 224 g/mol. The van der Waals surface area contributed by atoms with E-state index in [1.165, 1.54) is 12.1 Å². The zero-order valence-electron chi connectivity index (χ0n) is 5.71. The molecule has 0 fully saturated rings. The van der Waals surface area contributed by atoms with Crippen LogP contribution in [-0.2, 0) is 10.0 Å². The number of rotatable bonds is 1. The molecular weight excluding hydrogens is 221 g/mol. The van der Waals surface area contributed by atoms with Crippen molar-refractivity contribution >= 4 is 33.2 Å². The molecule has 0 amide bonds. The molecular formula is C6H4Cl2NO2S. The van der Waals surface area contributed by atoms with Gasteiger partial charge in [0.1, 0.15) is 4.90 Å². The van der Waals surface area contributed by atoms with E-state index in [2.05, 4.69) is 0 Å². The second-order valence-corrected chi connectivity index (χ2v) is 4.37. The quantitative estimate of drug-likeness (QED) is 0.733. The first-order valence-electron chi connectivity index (χ1n) is 2.86. The molecule has 3 nitrogen and oxygen atoms in total. The maximum absolute atomic E-state index is 10.7. The Balaban J connectivity index is 3.43. The largest absolute Gasteiger partial charge is 0.255 e. The summed E-state index contributed by atoms with van der Waals surface area (Å²) in [6, 6.07) is 3.94. The van der Waals surface area contributed by atoms with E-state index in [1.807, 2.05) is 0 Å². The molecule has 0 aliphatic heterocycles. The van der Waals surface area contributed by atoms with Gasteiger partial charge in [0.15, 0.2) is 0 Å². The highest BCUT2D eigenvalue weighted by molar-refractivity contribution is 7.89. The van der Waals surface area contributed by atoms with Crippen molar-refractivity contribution in [2.45, 2.75) is 4.90 Å². The lowest BCUT2D eigenvalue weighted by Gasteiger charge is -1.99. The number of hydrogen-bond donors (Lipinski definition) is 0. The molecule has 1 rings (SSSR count). The second kappa shape index (κ2) is 3.22. The Hall–Kier alpha value is -0.290. The molecule has 0 aliphatic rings. The van der Waals surface area contributed by atoms with Gasteiger partial charge in [-0.15, -0.1) is 5.14 Å². The molecule has 0 atom stereocenters. The van der Waals surface area contributed by atoms with Crippen molar-refractivity contribution in [1.29, 1.82) is 0 Å². The standard InChI is InChI=1S/C6H4Cl2NO2S/c7-4-1-2-5(8)6(3-4)12(9,10)11/h1-3,9H. The van der Waals surface area contributed by atoms with Gasteiger partial charge < -0.3 is 0 Å². The summed E-state index contributed by atoms with van der Waals surface area (Å²) in [6.45, 7) is 0. The van der Waals surface area contributed by atoms with Gasteiger partial charge >= 0.3 is 0 Å².